The van der Waals surface area contributed by atoms with Crippen molar-refractivity contribution in [1.82, 2.24) is 5.32 Å². The minimum absolute atomic E-state index is 0.0503. The van der Waals surface area contributed by atoms with Crippen LogP contribution in [-0.4, -0.2) is 56.0 Å². The van der Waals surface area contributed by atoms with Crippen molar-refractivity contribution in [1.29, 1.82) is 5.26 Å². The second-order valence-corrected chi connectivity index (χ2v) is 8.66. The minimum atomic E-state index is -1.03. The maximum atomic E-state index is 15.5. The normalized spacial score (nSPS) is 29.2. The summed E-state index contributed by atoms with van der Waals surface area (Å²) in [4.78, 5) is 15.7. The lowest BCUT2D eigenvalue weighted by molar-refractivity contribution is -0.132. The third-order valence-corrected chi connectivity index (χ3v) is 6.84. The van der Waals surface area contributed by atoms with E-state index in [9.17, 15) is 9.90 Å². The average Bonchev–Trinajstić information content (AvgIpc) is 3.40. The molecule has 0 amide bonds. The van der Waals surface area contributed by atoms with Crippen LogP contribution in [0.2, 0.25) is 0 Å². The zero-order chi connectivity index (χ0) is 21.9. The number of aliphatic carboxylic acids is 1. The lowest BCUT2D eigenvalue weighted by Crippen LogP contribution is -2.39. The Morgan fingerprint density at radius 2 is 2.26 bits per heavy atom. The molecule has 31 heavy (non-hydrogen) atoms. The number of rotatable bonds is 5. The largest absolute Gasteiger partial charge is 0.487 e. The lowest BCUT2D eigenvalue weighted by atomic mass is 9.97. The molecule has 0 aromatic heterocycles. The van der Waals surface area contributed by atoms with Crippen molar-refractivity contribution in [3.8, 4) is 11.8 Å². The summed E-state index contributed by atoms with van der Waals surface area (Å²) in [6.07, 6.45) is 1.82. The Bertz CT molecular complexity index is 1010. The number of nitrogens with zero attached hydrogens (tertiary/aromatic N) is 3. The number of epoxide rings is 1. The van der Waals surface area contributed by atoms with Gasteiger partial charge in [-0.25, -0.2) is 9.18 Å². The molecule has 5 rings (SSSR count). The molecule has 2 fully saturated rings. The Kier molecular flexibility index (Phi) is 4.79. The van der Waals surface area contributed by atoms with E-state index in [1.807, 2.05) is 23.8 Å². The van der Waals surface area contributed by atoms with Gasteiger partial charge in [-0.1, -0.05) is 0 Å². The fraction of sp³-hybridized carbons (Fsp3) is 0.545. The lowest BCUT2D eigenvalue weighted by Gasteiger charge is -2.38. The summed E-state index contributed by atoms with van der Waals surface area (Å²) in [5.74, 6) is -0.743. The first-order chi connectivity index (χ1) is 14.9. The van der Waals surface area contributed by atoms with Gasteiger partial charge < -0.3 is 29.7 Å². The van der Waals surface area contributed by atoms with Crippen molar-refractivity contribution in [2.24, 2.45) is 5.92 Å². The fourth-order valence-electron chi connectivity index (χ4n) is 5.14. The highest BCUT2D eigenvalue weighted by molar-refractivity contribution is 5.91. The van der Waals surface area contributed by atoms with Crippen LogP contribution in [0.3, 0.4) is 0 Å². The molecule has 0 spiro atoms. The first-order valence-electron chi connectivity index (χ1n) is 10.6. The molecule has 164 valence electrons. The third-order valence-electron chi connectivity index (χ3n) is 6.84. The standard InChI is InChI=1S/C22H25FN4O4/c1-11-10-30-21-17-13(19-20(31-19)14(22(28)29)9-27(11)17)7-15(23)18(21)26-6-4-12(8-26)16(25-2)3-5-24/h7,9,11-12,16,19-20,25H,3-4,6,8,10H2,1-2H3,(H,28,29)/t11-,12+,16-,19?,20?/m0/s1. The van der Waals surface area contributed by atoms with Gasteiger partial charge in [0, 0.05) is 30.9 Å². The average molecular weight is 428 g/mol. The topological polar surface area (TPSA) is 101 Å². The molecule has 0 bridgehead atoms. The van der Waals surface area contributed by atoms with Gasteiger partial charge in [0.2, 0.25) is 0 Å². The molecule has 2 saturated heterocycles. The second kappa shape index (κ2) is 7.39. The molecular weight excluding hydrogens is 403 g/mol. The van der Waals surface area contributed by atoms with Crippen LogP contribution in [0.15, 0.2) is 17.8 Å². The van der Waals surface area contributed by atoms with E-state index in [4.69, 9.17) is 14.7 Å². The van der Waals surface area contributed by atoms with E-state index in [-0.39, 0.29) is 23.6 Å². The van der Waals surface area contributed by atoms with Crippen LogP contribution < -0.4 is 19.9 Å². The maximum absolute atomic E-state index is 15.5. The molecule has 8 nitrogen and oxygen atoms in total. The van der Waals surface area contributed by atoms with Crippen LogP contribution in [-0.2, 0) is 9.53 Å². The number of carboxylic acid groups (broad SMARTS) is 1. The summed E-state index contributed by atoms with van der Waals surface area (Å²) in [7, 11) is 1.85. The Balaban J connectivity index is 1.56. The highest BCUT2D eigenvalue weighted by Crippen LogP contribution is 2.56. The molecule has 0 aliphatic carbocycles. The Morgan fingerprint density at radius 3 is 2.97 bits per heavy atom. The van der Waals surface area contributed by atoms with Gasteiger partial charge in [-0.15, -0.1) is 0 Å². The predicted octanol–water partition coefficient (Wildman–Crippen LogP) is 2.16. The van der Waals surface area contributed by atoms with Crippen molar-refractivity contribution >= 4 is 17.3 Å². The monoisotopic (exact) mass is 428 g/mol. The van der Waals surface area contributed by atoms with E-state index >= 15 is 4.39 Å². The van der Waals surface area contributed by atoms with Gasteiger partial charge in [-0.3, -0.25) is 0 Å². The summed E-state index contributed by atoms with van der Waals surface area (Å²) in [5.41, 5.74) is 1.92. The Labute approximate surface area is 179 Å². The van der Waals surface area contributed by atoms with E-state index < -0.39 is 24.0 Å². The van der Waals surface area contributed by atoms with Crippen LogP contribution in [0.4, 0.5) is 15.8 Å². The molecule has 1 aromatic carbocycles. The van der Waals surface area contributed by atoms with Crippen molar-refractivity contribution in [3.05, 3.63) is 29.2 Å². The molecular formula is C22H25FN4O4. The van der Waals surface area contributed by atoms with Crippen molar-refractivity contribution in [3.63, 3.8) is 0 Å². The van der Waals surface area contributed by atoms with Gasteiger partial charge in [0.15, 0.2) is 11.6 Å². The molecule has 9 heteroatoms. The number of carboxylic acids is 1. The molecule has 0 saturated carbocycles. The quantitative estimate of drug-likeness (QED) is 0.688. The van der Waals surface area contributed by atoms with Gasteiger partial charge in [0.05, 0.1) is 29.8 Å². The summed E-state index contributed by atoms with van der Waals surface area (Å²) in [6.45, 7) is 3.56. The van der Waals surface area contributed by atoms with E-state index in [0.29, 0.717) is 48.8 Å². The van der Waals surface area contributed by atoms with Crippen molar-refractivity contribution in [2.75, 3.05) is 36.5 Å². The first kappa shape index (κ1) is 20.1. The molecule has 0 radical (unpaired) electrons. The highest BCUT2D eigenvalue weighted by atomic mass is 19.1. The van der Waals surface area contributed by atoms with Crippen LogP contribution >= 0.6 is 0 Å². The number of benzene rings is 1. The van der Waals surface area contributed by atoms with Gasteiger partial charge in [0.1, 0.15) is 24.5 Å². The van der Waals surface area contributed by atoms with E-state index in [0.717, 1.165) is 6.42 Å². The van der Waals surface area contributed by atoms with Crippen LogP contribution in [0.1, 0.15) is 31.4 Å². The van der Waals surface area contributed by atoms with Crippen LogP contribution in [0.25, 0.3) is 0 Å². The number of fused-ring (bicyclic) bond motifs is 2. The summed E-state index contributed by atoms with van der Waals surface area (Å²) in [5, 5.41) is 21.9. The number of ether oxygens (including phenoxy) is 2. The zero-order valence-corrected chi connectivity index (χ0v) is 17.5. The number of halogens is 1. The summed E-state index contributed by atoms with van der Waals surface area (Å²) < 4.78 is 27.2. The SMILES string of the molecule is CN[C@@H](CC#N)[C@@H]1CCN(c2c(F)cc3c4c2OC[C@H](C)N4C=C(C(=O)O)C2OC32)C1. The van der Waals surface area contributed by atoms with Gasteiger partial charge in [-0.2, -0.15) is 5.26 Å². The number of anilines is 2. The van der Waals surface area contributed by atoms with Crippen LogP contribution in [0.5, 0.6) is 5.75 Å². The molecule has 4 heterocycles. The summed E-state index contributed by atoms with van der Waals surface area (Å²) in [6, 6.07) is 3.66. The van der Waals surface area contributed by atoms with Gasteiger partial charge >= 0.3 is 5.97 Å². The first-order valence-corrected chi connectivity index (χ1v) is 10.6. The number of nitriles is 1. The fourth-order valence-corrected chi connectivity index (χ4v) is 5.14. The second-order valence-electron chi connectivity index (χ2n) is 8.66. The van der Waals surface area contributed by atoms with E-state index in [1.165, 1.54) is 6.07 Å². The van der Waals surface area contributed by atoms with E-state index in [1.54, 1.807) is 6.20 Å². The maximum Gasteiger partial charge on any atom is 0.335 e. The predicted molar refractivity (Wildman–Crippen MR) is 111 cm³/mol. The Morgan fingerprint density at radius 1 is 1.45 bits per heavy atom. The molecule has 1 aromatic rings. The Hall–Kier alpha value is -2.83. The van der Waals surface area contributed by atoms with Crippen molar-refractivity contribution < 1.29 is 23.8 Å². The third kappa shape index (κ3) is 3.13. The van der Waals surface area contributed by atoms with Gasteiger partial charge in [-0.05, 0) is 32.4 Å². The zero-order valence-electron chi connectivity index (χ0n) is 17.5. The number of nitrogens with one attached hydrogen (secondary N) is 1. The number of hydrogen-bond donors (Lipinski definition) is 2. The van der Waals surface area contributed by atoms with Crippen LogP contribution in [0, 0.1) is 23.1 Å². The van der Waals surface area contributed by atoms with Gasteiger partial charge in [0.25, 0.3) is 0 Å². The summed E-state index contributed by atoms with van der Waals surface area (Å²) >= 11 is 0. The highest BCUT2D eigenvalue weighted by Gasteiger charge is 2.52. The minimum Gasteiger partial charge on any atom is -0.487 e. The molecule has 4 aliphatic heterocycles. The molecule has 4 aliphatic rings. The van der Waals surface area contributed by atoms with E-state index in [2.05, 4.69) is 11.4 Å². The molecule has 5 atom stereocenters. The smallest absolute Gasteiger partial charge is 0.335 e. The number of hydrogen-bond acceptors (Lipinski definition) is 7. The number of carbonyl (C=O) groups is 1. The molecule has 2 N–H and O–H groups in total. The molecule has 2 unspecified atom stereocenters. The van der Waals surface area contributed by atoms with Crippen molar-refractivity contribution in [2.45, 2.75) is 44.1 Å².